The van der Waals surface area contributed by atoms with E-state index in [-0.39, 0.29) is 5.82 Å². The summed E-state index contributed by atoms with van der Waals surface area (Å²) in [5.41, 5.74) is 2.07. The van der Waals surface area contributed by atoms with Crippen molar-refractivity contribution in [3.8, 4) is 0 Å². The van der Waals surface area contributed by atoms with E-state index >= 15 is 0 Å². The van der Waals surface area contributed by atoms with Crippen LogP contribution in [0.25, 0.3) is 10.9 Å². The Bertz CT molecular complexity index is 574. The number of H-pyrrole nitrogens is 1. The van der Waals surface area contributed by atoms with E-state index in [4.69, 9.17) is 0 Å². The van der Waals surface area contributed by atoms with E-state index in [0.717, 1.165) is 41.9 Å². The number of hydrogen-bond acceptors (Lipinski definition) is 1. The molecule has 1 aromatic heterocycles. The van der Waals surface area contributed by atoms with Crippen molar-refractivity contribution >= 4 is 16.9 Å². The highest BCUT2D eigenvalue weighted by molar-refractivity contribution is 5.83. The molecule has 0 aliphatic heterocycles. The van der Waals surface area contributed by atoms with Crippen LogP contribution in [0.4, 0.5) is 4.39 Å². The molecule has 0 aliphatic carbocycles. The zero-order valence-corrected chi connectivity index (χ0v) is 11.3. The van der Waals surface area contributed by atoms with Crippen LogP contribution in [0.1, 0.15) is 12.5 Å². The minimum Gasteiger partial charge on any atom is -0.361 e. The molecule has 2 rings (SSSR count). The van der Waals surface area contributed by atoms with Crippen LogP contribution in [-0.2, 0) is 6.42 Å². The quantitative estimate of drug-likeness (QED) is 0.583. The molecule has 1 aromatic carbocycles. The maximum absolute atomic E-state index is 13.2. The number of guanidine groups is 1. The molecule has 0 bridgehead atoms. The van der Waals surface area contributed by atoms with Gasteiger partial charge in [-0.25, -0.2) is 4.39 Å². The smallest absolute Gasteiger partial charge is 0.190 e. The Morgan fingerprint density at radius 2 is 2.21 bits per heavy atom. The molecular formula is C14H19FN4. The molecule has 0 radical (unpaired) electrons. The summed E-state index contributed by atoms with van der Waals surface area (Å²) in [5.74, 6) is 0.582. The Morgan fingerprint density at radius 1 is 1.37 bits per heavy atom. The molecule has 0 saturated carbocycles. The minimum absolute atomic E-state index is 0.204. The molecule has 0 aliphatic rings. The Morgan fingerprint density at radius 3 is 2.95 bits per heavy atom. The highest BCUT2D eigenvalue weighted by Crippen LogP contribution is 2.19. The highest BCUT2D eigenvalue weighted by atomic mass is 19.1. The highest BCUT2D eigenvalue weighted by Gasteiger charge is 2.05. The first-order valence-corrected chi connectivity index (χ1v) is 6.44. The Labute approximate surface area is 112 Å². The van der Waals surface area contributed by atoms with Crippen LogP contribution in [0, 0.1) is 5.82 Å². The van der Waals surface area contributed by atoms with Gasteiger partial charge in [-0.15, -0.1) is 0 Å². The number of aromatic nitrogens is 1. The second-order valence-corrected chi connectivity index (χ2v) is 4.28. The van der Waals surface area contributed by atoms with Gasteiger partial charge in [0, 0.05) is 37.2 Å². The van der Waals surface area contributed by atoms with Gasteiger partial charge < -0.3 is 15.6 Å². The number of fused-ring (bicyclic) bond motifs is 1. The molecule has 3 N–H and O–H groups in total. The second kappa shape index (κ2) is 6.22. The van der Waals surface area contributed by atoms with Crippen molar-refractivity contribution in [2.75, 3.05) is 20.1 Å². The van der Waals surface area contributed by atoms with Gasteiger partial charge in [0.15, 0.2) is 5.96 Å². The average molecular weight is 262 g/mol. The van der Waals surface area contributed by atoms with Gasteiger partial charge in [0.25, 0.3) is 0 Å². The lowest BCUT2D eigenvalue weighted by molar-refractivity contribution is 0.629. The number of nitrogens with one attached hydrogen (secondary N) is 3. The molecule has 2 aromatic rings. The van der Waals surface area contributed by atoms with Crippen molar-refractivity contribution in [3.05, 3.63) is 35.8 Å². The van der Waals surface area contributed by atoms with Crippen LogP contribution in [0.15, 0.2) is 29.4 Å². The second-order valence-electron chi connectivity index (χ2n) is 4.28. The third-order valence-corrected chi connectivity index (χ3v) is 2.98. The number of aromatic amines is 1. The van der Waals surface area contributed by atoms with Crippen molar-refractivity contribution < 1.29 is 4.39 Å². The molecule has 0 amide bonds. The number of halogens is 1. The molecule has 0 unspecified atom stereocenters. The van der Waals surface area contributed by atoms with E-state index in [9.17, 15) is 4.39 Å². The van der Waals surface area contributed by atoms with Gasteiger partial charge in [0.2, 0.25) is 0 Å². The third kappa shape index (κ3) is 3.24. The lowest BCUT2D eigenvalue weighted by Crippen LogP contribution is -2.38. The van der Waals surface area contributed by atoms with Gasteiger partial charge in [-0.2, -0.15) is 0 Å². The Balaban J connectivity index is 2.00. The summed E-state index contributed by atoms with van der Waals surface area (Å²) < 4.78 is 13.2. The van der Waals surface area contributed by atoms with Gasteiger partial charge in [-0.3, -0.25) is 4.99 Å². The number of benzene rings is 1. The predicted octanol–water partition coefficient (Wildman–Crippen LogP) is 2.03. The summed E-state index contributed by atoms with van der Waals surface area (Å²) in [7, 11) is 1.74. The van der Waals surface area contributed by atoms with Gasteiger partial charge in [0.05, 0.1) is 0 Å². The van der Waals surface area contributed by atoms with Crippen LogP contribution in [0.5, 0.6) is 0 Å². The van der Waals surface area contributed by atoms with Gasteiger partial charge in [-0.05, 0) is 37.1 Å². The van der Waals surface area contributed by atoms with Crippen LogP contribution < -0.4 is 10.6 Å². The Kier molecular flexibility index (Phi) is 4.39. The zero-order valence-electron chi connectivity index (χ0n) is 11.3. The largest absolute Gasteiger partial charge is 0.361 e. The molecular weight excluding hydrogens is 243 g/mol. The molecule has 5 heteroatoms. The molecule has 0 fully saturated rings. The fraction of sp³-hybridized carbons (Fsp3) is 0.357. The topological polar surface area (TPSA) is 52.2 Å². The van der Waals surface area contributed by atoms with Crippen molar-refractivity contribution in [1.82, 2.24) is 15.6 Å². The fourth-order valence-electron chi connectivity index (χ4n) is 2.06. The summed E-state index contributed by atoms with van der Waals surface area (Å²) >= 11 is 0. The lowest BCUT2D eigenvalue weighted by Gasteiger charge is -2.09. The SMILES string of the molecule is CCNC(=NC)NCCc1c[nH]c2ccc(F)cc12. The molecule has 4 nitrogen and oxygen atoms in total. The minimum atomic E-state index is -0.204. The van der Waals surface area contributed by atoms with E-state index < -0.39 is 0 Å². The molecule has 0 spiro atoms. The van der Waals surface area contributed by atoms with Crippen LogP contribution >= 0.6 is 0 Å². The van der Waals surface area contributed by atoms with Gasteiger partial charge >= 0.3 is 0 Å². The maximum atomic E-state index is 13.2. The van der Waals surface area contributed by atoms with E-state index in [1.165, 1.54) is 6.07 Å². The average Bonchev–Trinajstić information content (AvgIpc) is 2.80. The van der Waals surface area contributed by atoms with Crippen molar-refractivity contribution in [2.24, 2.45) is 4.99 Å². The normalized spacial score (nSPS) is 11.8. The summed E-state index contributed by atoms with van der Waals surface area (Å²) in [5, 5.41) is 7.29. The van der Waals surface area contributed by atoms with Crippen molar-refractivity contribution in [3.63, 3.8) is 0 Å². The number of hydrogen-bond donors (Lipinski definition) is 3. The van der Waals surface area contributed by atoms with E-state index in [1.807, 2.05) is 13.1 Å². The van der Waals surface area contributed by atoms with Crippen LogP contribution in [0.2, 0.25) is 0 Å². The van der Waals surface area contributed by atoms with Crippen LogP contribution in [-0.4, -0.2) is 31.1 Å². The zero-order chi connectivity index (χ0) is 13.7. The molecule has 0 saturated heterocycles. The first-order chi connectivity index (χ1) is 9.24. The summed E-state index contributed by atoms with van der Waals surface area (Å²) in [6, 6.07) is 4.80. The molecule has 1 heterocycles. The van der Waals surface area contributed by atoms with E-state index in [1.54, 1.807) is 19.2 Å². The van der Waals surface area contributed by atoms with E-state index in [0.29, 0.717) is 0 Å². The summed E-state index contributed by atoms with van der Waals surface area (Å²) in [6.07, 6.45) is 2.75. The van der Waals surface area contributed by atoms with Gasteiger partial charge in [-0.1, -0.05) is 0 Å². The standard InChI is InChI=1S/C14H19FN4/c1-3-17-14(16-2)18-7-6-10-9-19-13-5-4-11(15)8-12(10)13/h4-5,8-9,19H,3,6-7H2,1-2H3,(H2,16,17,18). The van der Waals surface area contributed by atoms with Crippen molar-refractivity contribution in [2.45, 2.75) is 13.3 Å². The predicted molar refractivity (Wildman–Crippen MR) is 77.0 cm³/mol. The molecule has 0 atom stereocenters. The third-order valence-electron chi connectivity index (χ3n) is 2.98. The van der Waals surface area contributed by atoms with Crippen LogP contribution in [0.3, 0.4) is 0 Å². The van der Waals surface area contributed by atoms with Crippen molar-refractivity contribution in [1.29, 1.82) is 0 Å². The first-order valence-electron chi connectivity index (χ1n) is 6.44. The fourth-order valence-corrected chi connectivity index (χ4v) is 2.06. The van der Waals surface area contributed by atoms with E-state index in [2.05, 4.69) is 20.6 Å². The number of nitrogens with zero attached hydrogens (tertiary/aromatic N) is 1. The lowest BCUT2D eigenvalue weighted by atomic mass is 10.1. The maximum Gasteiger partial charge on any atom is 0.190 e. The number of aliphatic imine (C=N–C) groups is 1. The summed E-state index contributed by atoms with van der Waals surface area (Å²) in [4.78, 5) is 7.25. The number of rotatable bonds is 4. The van der Waals surface area contributed by atoms with Gasteiger partial charge in [0.1, 0.15) is 5.82 Å². The monoisotopic (exact) mass is 262 g/mol. The molecule has 102 valence electrons. The molecule has 19 heavy (non-hydrogen) atoms. The Hall–Kier alpha value is -2.04. The summed E-state index contributed by atoms with van der Waals surface area (Å²) in [6.45, 7) is 3.61. The first kappa shape index (κ1) is 13.4.